The number of hydrogen-bond acceptors (Lipinski definition) is 5. The van der Waals surface area contributed by atoms with Crippen LogP contribution in [0.4, 0.5) is 8.78 Å². The van der Waals surface area contributed by atoms with Gasteiger partial charge >= 0.3 is 0 Å². The normalized spacial score (nSPS) is 11.8. The predicted octanol–water partition coefficient (Wildman–Crippen LogP) is 1.33. The van der Waals surface area contributed by atoms with Gasteiger partial charge in [-0.25, -0.2) is 18.3 Å². The molecule has 0 unspecified atom stereocenters. The molecule has 0 aliphatic carbocycles. The van der Waals surface area contributed by atoms with Gasteiger partial charge in [0.15, 0.2) is 0 Å². The van der Waals surface area contributed by atoms with Crippen molar-refractivity contribution >= 4 is 16.3 Å². The van der Waals surface area contributed by atoms with Gasteiger partial charge in [0.25, 0.3) is 6.43 Å². The van der Waals surface area contributed by atoms with Crippen molar-refractivity contribution in [1.82, 2.24) is 14.6 Å². The monoisotopic (exact) mass is 248 g/mol. The fraction of sp³-hybridized carbons (Fsp3) is 0.500. The molecule has 0 amide bonds. The van der Waals surface area contributed by atoms with Crippen molar-refractivity contribution in [2.75, 3.05) is 7.11 Å². The van der Waals surface area contributed by atoms with E-state index in [-0.39, 0.29) is 17.9 Å². The first-order chi connectivity index (χ1) is 7.67. The standard InChI is InChI=1S/C8H10F2N4OS/c1-15-3-5-13-14-4(2-11)6(7(9)10)12-8(14)16-5/h7H,2-3,11H2,1H3. The Labute approximate surface area is 93.8 Å². The molecule has 0 fully saturated rings. The lowest BCUT2D eigenvalue weighted by Crippen LogP contribution is -2.05. The molecule has 0 aliphatic heterocycles. The number of ether oxygens (including phenoxy) is 1. The smallest absolute Gasteiger partial charge is 0.282 e. The molecule has 16 heavy (non-hydrogen) atoms. The van der Waals surface area contributed by atoms with E-state index in [0.717, 1.165) is 0 Å². The van der Waals surface area contributed by atoms with Crippen molar-refractivity contribution < 1.29 is 13.5 Å². The largest absolute Gasteiger partial charge is 0.377 e. The minimum atomic E-state index is -2.63. The van der Waals surface area contributed by atoms with Crippen LogP contribution in [0.5, 0.6) is 0 Å². The van der Waals surface area contributed by atoms with Crippen LogP contribution in [0.15, 0.2) is 0 Å². The second-order valence-corrected chi connectivity index (χ2v) is 4.11. The Morgan fingerprint density at radius 1 is 1.56 bits per heavy atom. The summed E-state index contributed by atoms with van der Waals surface area (Å²) in [5.41, 5.74) is 5.39. The summed E-state index contributed by atoms with van der Waals surface area (Å²) < 4.78 is 31.5. The zero-order valence-corrected chi connectivity index (χ0v) is 9.30. The summed E-state index contributed by atoms with van der Waals surface area (Å²) in [6, 6.07) is 0. The number of alkyl halides is 2. The molecular weight excluding hydrogens is 238 g/mol. The minimum Gasteiger partial charge on any atom is -0.377 e. The molecule has 2 aromatic rings. The molecule has 2 rings (SSSR count). The van der Waals surface area contributed by atoms with Crippen molar-refractivity contribution in [3.8, 4) is 0 Å². The molecule has 2 N–H and O–H groups in total. The third kappa shape index (κ3) is 1.79. The van der Waals surface area contributed by atoms with E-state index in [9.17, 15) is 8.78 Å². The molecule has 0 aromatic carbocycles. The van der Waals surface area contributed by atoms with Gasteiger partial charge in [-0.1, -0.05) is 11.3 Å². The Balaban J connectivity index is 2.51. The number of methoxy groups -OCH3 is 1. The first-order valence-corrected chi connectivity index (χ1v) is 5.33. The first-order valence-electron chi connectivity index (χ1n) is 4.51. The maximum atomic E-state index is 12.6. The summed E-state index contributed by atoms with van der Waals surface area (Å²) in [6.07, 6.45) is -2.63. The number of nitrogens with two attached hydrogens (primary N) is 1. The lowest BCUT2D eigenvalue weighted by molar-refractivity contribution is 0.145. The van der Waals surface area contributed by atoms with E-state index in [0.29, 0.717) is 16.6 Å². The quantitative estimate of drug-likeness (QED) is 0.886. The number of nitrogens with zero attached hydrogens (tertiary/aromatic N) is 3. The van der Waals surface area contributed by atoms with Crippen LogP contribution in [0.25, 0.3) is 4.96 Å². The molecule has 0 radical (unpaired) electrons. The molecule has 88 valence electrons. The van der Waals surface area contributed by atoms with Crippen molar-refractivity contribution in [2.24, 2.45) is 5.73 Å². The molecule has 0 aliphatic rings. The number of fused-ring (bicyclic) bond motifs is 1. The Morgan fingerprint density at radius 3 is 2.88 bits per heavy atom. The maximum Gasteiger partial charge on any atom is 0.282 e. The molecule has 2 aromatic heterocycles. The molecule has 8 heteroatoms. The second-order valence-electron chi connectivity index (χ2n) is 3.07. The Morgan fingerprint density at radius 2 is 2.31 bits per heavy atom. The highest BCUT2D eigenvalue weighted by Gasteiger charge is 2.21. The summed E-state index contributed by atoms with van der Waals surface area (Å²) in [6.45, 7) is 0.318. The van der Waals surface area contributed by atoms with Crippen molar-refractivity contribution in [2.45, 2.75) is 19.6 Å². The van der Waals surface area contributed by atoms with Crippen molar-refractivity contribution in [1.29, 1.82) is 0 Å². The van der Waals surface area contributed by atoms with Gasteiger partial charge in [-0.05, 0) is 0 Å². The molecule has 0 saturated heterocycles. The van der Waals surface area contributed by atoms with E-state index in [1.165, 1.54) is 15.9 Å². The molecular formula is C8H10F2N4OS. The van der Waals surface area contributed by atoms with E-state index in [4.69, 9.17) is 10.5 Å². The number of rotatable bonds is 4. The van der Waals surface area contributed by atoms with Crippen LogP contribution in [0, 0.1) is 0 Å². The number of halogens is 2. The highest BCUT2D eigenvalue weighted by molar-refractivity contribution is 7.16. The molecule has 0 saturated carbocycles. The van der Waals surface area contributed by atoms with Crippen molar-refractivity contribution in [3.05, 3.63) is 16.4 Å². The highest BCUT2D eigenvalue weighted by Crippen LogP contribution is 2.26. The second kappa shape index (κ2) is 4.40. The van der Waals surface area contributed by atoms with Gasteiger partial charge in [0.1, 0.15) is 10.7 Å². The summed E-state index contributed by atoms with van der Waals surface area (Å²) in [4.78, 5) is 4.24. The Kier molecular flexibility index (Phi) is 3.13. The van der Waals surface area contributed by atoms with Gasteiger partial charge in [-0.3, -0.25) is 0 Å². The van der Waals surface area contributed by atoms with E-state index >= 15 is 0 Å². The summed E-state index contributed by atoms with van der Waals surface area (Å²) >= 11 is 1.22. The lowest BCUT2D eigenvalue weighted by atomic mass is 10.3. The summed E-state index contributed by atoms with van der Waals surface area (Å²) in [5.74, 6) is 0. The number of hydrogen-bond donors (Lipinski definition) is 1. The molecule has 0 spiro atoms. The number of imidazole rings is 1. The lowest BCUT2D eigenvalue weighted by Gasteiger charge is -1.98. The van der Waals surface area contributed by atoms with Gasteiger partial charge in [-0.15, -0.1) is 0 Å². The Hall–Kier alpha value is -1.12. The van der Waals surface area contributed by atoms with Crippen LogP contribution >= 0.6 is 11.3 Å². The van der Waals surface area contributed by atoms with Crippen LogP contribution in [0.3, 0.4) is 0 Å². The average Bonchev–Trinajstić information content (AvgIpc) is 2.74. The summed E-state index contributed by atoms with van der Waals surface area (Å²) in [7, 11) is 1.54. The molecule has 5 nitrogen and oxygen atoms in total. The predicted molar refractivity (Wildman–Crippen MR) is 54.4 cm³/mol. The fourth-order valence-corrected chi connectivity index (χ4v) is 2.28. The topological polar surface area (TPSA) is 65.4 Å². The van der Waals surface area contributed by atoms with Crippen molar-refractivity contribution in [3.63, 3.8) is 0 Å². The van der Waals surface area contributed by atoms with E-state index in [1.807, 2.05) is 0 Å². The van der Waals surface area contributed by atoms with Crippen LogP contribution in [0.2, 0.25) is 0 Å². The zero-order valence-electron chi connectivity index (χ0n) is 8.48. The van der Waals surface area contributed by atoms with Crippen LogP contribution in [0.1, 0.15) is 22.8 Å². The van der Waals surface area contributed by atoms with Gasteiger partial charge < -0.3 is 10.5 Å². The van der Waals surface area contributed by atoms with Gasteiger partial charge in [0, 0.05) is 13.7 Å². The van der Waals surface area contributed by atoms with E-state index in [1.54, 1.807) is 7.11 Å². The van der Waals surface area contributed by atoms with Crippen LogP contribution < -0.4 is 5.73 Å². The summed E-state index contributed by atoms with van der Waals surface area (Å²) in [5, 5.41) is 4.79. The van der Waals surface area contributed by atoms with Gasteiger partial charge in [0.2, 0.25) is 4.96 Å². The SMILES string of the molecule is COCc1nn2c(CN)c(C(F)F)nc2s1. The van der Waals surface area contributed by atoms with Gasteiger partial charge in [0.05, 0.1) is 12.3 Å². The maximum absolute atomic E-state index is 12.6. The zero-order chi connectivity index (χ0) is 11.7. The third-order valence-electron chi connectivity index (χ3n) is 2.04. The van der Waals surface area contributed by atoms with Crippen LogP contribution in [-0.4, -0.2) is 21.7 Å². The molecule has 0 bridgehead atoms. The molecule has 0 atom stereocenters. The Bertz CT molecular complexity index is 495. The third-order valence-corrected chi connectivity index (χ3v) is 2.92. The highest BCUT2D eigenvalue weighted by atomic mass is 32.1. The van der Waals surface area contributed by atoms with Gasteiger partial charge in [-0.2, -0.15) is 5.10 Å². The average molecular weight is 248 g/mol. The first kappa shape index (κ1) is 11.4. The van der Waals surface area contributed by atoms with E-state index < -0.39 is 6.43 Å². The van der Waals surface area contributed by atoms with E-state index in [2.05, 4.69) is 10.1 Å². The molecule has 2 heterocycles. The minimum absolute atomic E-state index is 0.0169. The van der Waals surface area contributed by atoms with Crippen LogP contribution in [-0.2, 0) is 17.9 Å². The fourth-order valence-electron chi connectivity index (χ4n) is 1.39. The number of aromatic nitrogens is 3.